The number of rotatable bonds is 7. The Morgan fingerprint density at radius 3 is 2.67 bits per heavy atom. The van der Waals surface area contributed by atoms with Crippen LogP contribution in [-0.4, -0.2) is 23.2 Å². The van der Waals surface area contributed by atoms with Crippen LogP contribution in [0.5, 0.6) is 0 Å². The largest absolute Gasteiger partial charge is 0.382 e. The Morgan fingerprint density at radius 2 is 2.05 bits per heavy atom. The van der Waals surface area contributed by atoms with E-state index in [1.807, 2.05) is 26.0 Å². The molecule has 1 aliphatic carbocycles. The van der Waals surface area contributed by atoms with Gasteiger partial charge in [-0.1, -0.05) is 38.1 Å². The molecule has 4 N–H and O–H groups in total. The number of carbonyl (C=O) groups is 1. The lowest BCUT2D eigenvalue weighted by molar-refractivity contribution is -0.131. The summed E-state index contributed by atoms with van der Waals surface area (Å²) >= 11 is 0. The number of nitrogens with two attached hydrogens (primary N) is 1. The zero-order valence-corrected chi connectivity index (χ0v) is 12.9. The molecule has 1 aliphatic rings. The van der Waals surface area contributed by atoms with Gasteiger partial charge in [-0.05, 0) is 42.2 Å². The highest BCUT2D eigenvalue weighted by Gasteiger charge is 2.25. The summed E-state index contributed by atoms with van der Waals surface area (Å²) in [6.45, 7) is 4.21. The summed E-state index contributed by atoms with van der Waals surface area (Å²) in [5, 5.41) is 12.6. The molecule has 116 valence electrons. The molecule has 1 saturated carbocycles. The topological polar surface area (TPSA) is 75.3 Å². The first-order chi connectivity index (χ1) is 9.97. The van der Waals surface area contributed by atoms with E-state index in [9.17, 15) is 9.90 Å². The van der Waals surface area contributed by atoms with Gasteiger partial charge in [0, 0.05) is 12.6 Å². The molecule has 0 aromatic heterocycles. The summed E-state index contributed by atoms with van der Waals surface area (Å²) in [6.07, 6.45) is 2.64. The third kappa shape index (κ3) is 4.83. The molecule has 21 heavy (non-hydrogen) atoms. The lowest BCUT2D eigenvalue weighted by Crippen LogP contribution is -2.48. The number of carbonyl (C=O) groups excluding carboxylic acids is 1. The zero-order chi connectivity index (χ0) is 15.4. The summed E-state index contributed by atoms with van der Waals surface area (Å²) in [5.41, 5.74) is 8.19. The van der Waals surface area contributed by atoms with Crippen LogP contribution in [-0.2, 0) is 17.8 Å². The molecule has 0 spiro atoms. The zero-order valence-electron chi connectivity index (χ0n) is 12.9. The predicted octanol–water partition coefficient (Wildman–Crippen LogP) is 1.60. The molecular formula is C17H26N2O2. The van der Waals surface area contributed by atoms with Gasteiger partial charge in [-0.3, -0.25) is 4.79 Å². The first-order valence-electron chi connectivity index (χ1n) is 7.76. The Kier molecular flexibility index (Phi) is 5.37. The average molecular weight is 290 g/mol. The van der Waals surface area contributed by atoms with E-state index in [4.69, 9.17) is 5.73 Å². The Morgan fingerprint density at radius 1 is 1.38 bits per heavy atom. The molecule has 1 fully saturated rings. The van der Waals surface area contributed by atoms with Crippen molar-refractivity contribution >= 4 is 5.91 Å². The fourth-order valence-electron chi connectivity index (χ4n) is 2.36. The Hall–Kier alpha value is -1.39. The molecule has 0 aliphatic heterocycles. The van der Waals surface area contributed by atoms with E-state index in [-0.39, 0.29) is 5.92 Å². The second-order valence-electron chi connectivity index (χ2n) is 6.45. The molecule has 0 radical (unpaired) electrons. The van der Waals surface area contributed by atoms with Gasteiger partial charge >= 0.3 is 0 Å². The standard InChI is InChI=1S/C17H26N2O2/c1-11(2)15(18)16(20)17(21)19-10-14-5-3-4-13(9-14)8-12-6-7-12/h3-5,9,11-12,15-16,20H,6-8,10,18H2,1-2H3,(H,19,21)/t15-,16?/m0/s1. The fraction of sp³-hybridized carbons (Fsp3) is 0.588. The van der Waals surface area contributed by atoms with Crippen molar-refractivity contribution in [2.24, 2.45) is 17.6 Å². The van der Waals surface area contributed by atoms with E-state index >= 15 is 0 Å². The molecule has 1 amide bonds. The van der Waals surface area contributed by atoms with Gasteiger partial charge in [-0.25, -0.2) is 0 Å². The number of aliphatic hydroxyl groups is 1. The number of hydrogen-bond donors (Lipinski definition) is 3. The van der Waals surface area contributed by atoms with Crippen LogP contribution >= 0.6 is 0 Å². The summed E-state index contributed by atoms with van der Waals surface area (Å²) in [6, 6.07) is 7.74. The molecule has 0 saturated heterocycles. The maximum atomic E-state index is 11.9. The van der Waals surface area contributed by atoms with Crippen LogP contribution < -0.4 is 11.1 Å². The molecule has 1 unspecified atom stereocenters. The van der Waals surface area contributed by atoms with E-state index in [0.717, 1.165) is 17.9 Å². The molecule has 2 atom stereocenters. The van der Waals surface area contributed by atoms with Crippen molar-refractivity contribution in [1.29, 1.82) is 0 Å². The fourth-order valence-corrected chi connectivity index (χ4v) is 2.36. The van der Waals surface area contributed by atoms with E-state index in [0.29, 0.717) is 6.54 Å². The third-order valence-corrected chi connectivity index (χ3v) is 4.08. The van der Waals surface area contributed by atoms with E-state index in [1.54, 1.807) is 0 Å². The van der Waals surface area contributed by atoms with Gasteiger partial charge in [0.05, 0.1) is 0 Å². The normalized spacial score (nSPS) is 17.6. The second-order valence-corrected chi connectivity index (χ2v) is 6.45. The average Bonchev–Trinajstić information content (AvgIpc) is 3.27. The number of hydrogen-bond acceptors (Lipinski definition) is 3. The lowest BCUT2D eigenvalue weighted by atomic mass is 9.99. The van der Waals surface area contributed by atoms with Gasteiger partial charge in [0.15, 0.2) is 0 Å². The highest BCUT2D eigenvalue weighted by molar-refractivity contribution is 5.81. The van der Waals surface area contributed by atoms with Crippen LogP contribution in [0.3, 0.4) is 0 Å². The maximum absolute atomic E-state index is 11.9. The van der Waals surface area contributed by atoms with Crippen molar-refractivity contribution in [3.05, 3.63) is 35.4 Å². The van der Waals surface area contributed by atoms with Crippen LogP contribution in [0.2, 0.25) is 0 Å². The van der Waals surface area contributed by atoms with Crippen LogP contribution in [0.4, 0.5) is 0 Å². The first kappa shape index (κ1) is 16.0. The predicted molar refractivity (Wildman–Crippen MR) is 83.5 cm³/mol. The molecule has 4 heteroatoms. The highest BCUT2D eigenvalue weighted by atomic mass is 16.3. The van der Waals surface area contributed by atoms with Crippen LogP contribution in [0.1, 0.15) is 37.8 Å². The lowest BCUT2D eigenvalue weighted by Gasteiger charge is -2.21. The van der Waals surface area contributed by atoms with E-state index < -0.39 is 18.1 Å². The minimum Gasteiger partial charge on any atom is -0.382 e. The van der Waals surface area contributed by atoms with Crippen molar-refractivity contribution in [3.63, 3.8) is 0 Å². The Bertz CT molecular complexity index is 483. The molecule has 2 rings (SSSR count). The van der Waals surface area contributed by atoms with Crippen molar-refractivity contribution < 1.29 is 9.90 Å². The summed E-state index contributed by atoms with van der Waals surface area (Å²) < 4.78 is 0. The van der Waals surface area contributed by atoms with Gasteiger partial charge in [0.25, 0.3) is 5.91 Å². The summed E-state index contributed by atoms with van der Waals surface area (Å²) in [5.74, 6) is 0.511. The van der Waals surface area contributed by atoms with Crippen molar-refractivity contribution in [1.82, 2.24) is 5.32 Å². The van der Waals surface area contributed by atoms with Crippen LogP contribution in [0.25, 0.3) is 0 Å². The Balaban J connectivity index is 1.85. The number of benzene rings is 1. The van der Waals surface area contributed by atoms with Gasteiger partial charge in [0.1, 0.15) is 6.10 Å². The van der Waals surface area contributed by atoms with Gasteiger partial charge < -0.3 is 16.2 Å². The monoisotopic (exact) mass is 290 g/mol. The van der Waals surface area contributed by atoms with E-state index in [1.165, 1.54) is 18.4 Å². The molecule has 1 aromatic rings. The maximum Gasteiger partial charge on any atom is 0.250 e. The number of amides is 1. The van der Waals surface area contributed by atoms with E-state index in [2.05, 4.69) is 17.4 Å². The third-order valence-electron chi connectivity index (χ3n) is 4.08. The first-order valence-corrected chi connectivity index (χ1v) is 7.76. The van der Waals surface area contributed by atoms with Crippen LogP contribution in [0, 0.1) is 11.8 Å². The minimum absolute atomic E-state index is 0.0626. The molecule has 1 aromatic carbocycles. The molecular weight excluding hydrogens is 264 g/mol. The van der Waals surface area contributed by atoms with Gasteiger partial charge in [-0.2, -0.15) is 0 Å². The molecule has 4 nitrogen and oxygen atoms in total. The quantitative estimate of drug-likeness (QED) is 0.714. The number of aliphatic hydroxyl groups excluding tert-OH is 1. The Labute approximate surface area is 126 Å². The second kappa shape index (κ2) is 7.05. The molecule has 0 bridgehead atoms. The van der Waals surface area contributed by atoms with Gasteiger partial charge in [0.2, 0.25) is 0 Å². The smallest absolute Gasteiger partial charge is 0.250 e. The van der Waals surface area contributed by atoms with Gasteiger partial charge in [-0.15, -0.1) is 0 Å². The minimum atomic E-state index is -1.15. The van der Waals surface area contributed by atoms with Crippen molar-refractivity contribution in [3.8, 4) is 0 Å². The number of nitrogens with one attached hydrogen (secondary N) is 1. The highest BCUT2D eigenvalue weighted by Crippen LogP contribution is 2.32. The van der Waals surface area contributed by atoms with Crippen molar-refractivity contribution in [2.45, 2.75) is 51.8 Å². The van der Waals surface area contributed by atoms with Crippen molar-refractivity contribution in [2.75, 3.05) is 0 Å². The summed E-state index contributed by atoms with van der Waals surface area (Å²) in [4.78, 5) is 11.9. The van der Waals surface area contributed by atoms with Crippen LogP contribution in [0.15, 0.2) is 24.3 Å². The summed E-state index contributed by atoms with van der Waals surface area (Å²) in [7, 11) is 0. The molecule has 0 heterocycles. The SMILES string of the molecule is CC(C)[C@H](N)C(O)C(=O)NCc1cccc(CC2CC2)c1.